The molecule has 0 spiro atoms. The van der Waals surface area contributed by atoms with E-state index in [0.29, 0.717) is 42.3 Å². The lowest BCUT2D eigenvalue weighted by Gasteiger charge is -2.39. The molecule has 1 aliphatic rings. The number of pyridine rings is 1. The van der Waals surface area contributed by atoms with Crippen LogP contribution in [0.25, 0.3) is 22.2 Å². The molecule has 0 bridgehead atoms. The highest BCUT2D eigenvalue weighted by Crippen LogP contribution is 2.33. The molecule has 0 aliphatic carbocycles. The summed E-state index contributed by atoms with van der Waals surface area (Å²) in [5.74, 6) is -0.0764. The maximum Gasteiger partial charge on any atom is 0.410 e. The summed E-state index contributed by atoms with van der Waals surface area (Å²) in [5, 5.41) is 1.47. The highest BCUT2D eigenvalue weighted by atomic mass is 35.5. The van der Waals surface area contributed by atoms with Gasteiger partial charge in [-0.2, -0.15) is 0 Å². The van der Waals surface area contributed by atoms with Gasteiger partial charge in [-0.25, -0.2) is 9.78 Å². The highest BCUT2D eigenvalue weighted by Gasteiger charge is 2.31. The summed E-state index contributed by atoms with van der Waals surface area (Å²) in [6, 6.07) is 15.3. The summed E-state index contributed by atoms with van der Waals surface area (Å²) in [7, 11) is 0. The Kier molecular flexibility index (Phi) is 7.37. The molecule has 178 valence electrons. The van der Waals surface area contributed by atoms with Crippen LogP contribution in [0.3, 0.4) is 0 Å². The van der Waals surface area contributed by atoms with Gasteiger partial charge in [0.2, 0.25) is 0 Å². The van der Waals surface area contributed by atoms with E-state index >= 15 is 0 Å². The topological polar surface area (TPSA) is 62.7 Å². The molecule has 6 nitrogen and oxygen atoms in total. The number of carbonyl (C=O) groups excluding carboxylic acids is 2. The predicted octanol–water partition coefficient (Wildman–Crippen LogP) is 5.95. The molecule has 0 saturated carbocycles. The number of amides is 2. The van der Waals surface area contributed by atoms with Crippen molar-refractivity contribution in [1.29, 1.82) is 0 Å². The second-order valence-electron chi connectivity index (χ2n) is 8.76. The number of benzene rings is 2. The molecular weight excluding hydrogens is 450 g/mol. The van der Waals surface area contributed by atoms with E-state index in [2.05, 4.69) is 6.92 Å². The molecule has 1 fully saturated rings. The molecule has 4 rings (SSSR count). The number of fused-ring (bicyclic) bond motifs is 1. The van der Waals surface area contributed by atoms with Gasteiger partial charge in [0.25, 0.3) is 5.91 Å². The first-order valence-corrected chi connectivity index (χ1v) is 12.2. The molecule has 2 heterocycles. The summed E-state index contributed by atoms with van der Waals surface area (Å²) in [4.78, 5) is 34.0. The molecule has 3 aromatic rings. The van der Waals surface area contributed by atoms with Crippen molar-refractivity contribution < 1.29 is 14.3 Å². The maximum atomic E-state index is 13.3. The summed E-state index contributed by atoms with van der Waals surface area (Å²) in [6.07, 6.45) is 1.52. The summed E-state index contributed by atoms with van der Waals surface area (Å²) >= 11 is 6.69. The van der Waals surface area contributed by atoms with E-state index in [1.807, 2.05) is 56.3 Å². The number of nitrogens with zero attached hydrogens (tertiary/aromatic N) is 3. The van der Waals surface area contributed by atoms with Gasteiger partial charge in [-0.1, -0.05) is 61.3 Å². The molecule has 0 N–H and O–H groups in total. The van der Waals surface area contributed by atoms with Crippen molar-refractivity contribution in [1.82, 2.24) is 14.8 Å². The first kappa shape index (κ1) is 24.0. The maximum absolute atomic E-state index is 13.3. The molecule has 7 heteroatoms. The molecule has 1 aliphatic heterocycles. The number of piperazine rings is 1. The van der Waals surface area contributed by atoms with Crippen LogP contribution in [0.15, 0.2) is 48.5 Å². The molecule has 0 radical (unpaired) electrons. The minimum absolute atomic E-state index is 0.0764. The van der Waals surface area contributed by atoms with Crippen LogP contribution >= 0.6 is 11.6 Å². The van der Waals surface area contributed by atoms with E-state index in [9.17, 15) is 9.59 Å². The second kappa shape index (κ2) is 10.4. The Morgan fingerprint density at radius 2 is 1.91 bits per heavy atom. The van der Waals surface area contributed by atoms with Gasteiger partial charge in [0, 0.05) is 42.2 Å². The third-order valence-corrected chi connectivity index (χ3v) is 6.80. The van der Waals surface area contributed by atoms with Crippen LogP contribution in [0, 0.1) is 6.92 Å². The molecular formula is C27H30ClN3O3. The number of aromatic nitrogens is 1. The van der Waals surface area contributed by atoms with Crippen molar-refractivity contribution in [3.63, 3.8) is 0 Å². The fourth-order valence-corrected chi connectivity index (χ4v) is 4.56. The molecule has 1 unspecified atom stereocenters. The lowest BCUT2D eigenvalue weighted by Crippen LogP contribution is -2.55. The van der Waals surface area contributed by atoms with Gasteiger partial charge in [0.1, 0.15) is 0 Å². The van der Waals surface area contributed by atoms with Gasteiger partial charge in [-0.15, -0.1) is 0 Å². The van der Waals surface area contributed by atoms with Crippen molar-refractivity contribution in [3.8, 4) is 11.3 Å². The average molecular weight is 480 g/mol. The Hall–Kier alpha value is -3.12. The van der Waals surface area contributed by atoms with Gasteiger partial charge < -0.3 is 14.5 Å². The van der Waals surface area contributed by atoms with Gasteiger partial charge in [-0.05, 0) is 38.0 Å². The van der Waals surface area contributed by atoms with Crippen LogP contribution in [0.2, 0.25) is 5.02 Å². The largest absolute Gasteiger partial charge is 0.449 e. The van der Waals surface area contributed by atoms with Gasteiger partial charge in [-0.3, -0.25) is 4.79 Å². The van der Waals surface area contributed by atoms with Crippen molar-refractivity contribution in [2.75, 3.05) is 26.2 Å². The first-order chi connectivity index (χ1) is 16.4. The Labute approximate surface area is 205 Å². The Bertz CT molecular complexity index is 1200. The normalized spacial score (nSPS) is 16.1. The quantitative estimate of drug-likeness (QED) is 0.424. The van der Waals surface area contributed by atoms with Crippen molar-refractivity contribution in [2.45, 2.75) is 39.7 Å². The van der Waals surface area contributed by atoms with Crippen LogP contribution in [0.4, 0.5) is 4.79 Å². The monoisotopic (exact) mass is 479 g/mol. The number of hydrogen-bond donors (Lipinski definition) is 0. The molecule has 34 heavy (non-hydrogen) atoms. The van der Waals surface area contributed by atoms with E-state index in [1.165, 1.54) is 0 Å². The Morgan fingerprint density at radius 1 is 1.15 bits per heavy atom. The zero-order valence-corrected chi connectivity index (χ0v) is 20.6. The van der Waals surface area contributed by atoms with Gasteiger partial charge in [0.15, 0.2) is 0 Å². The predicted molar refractivity (Wildman–Crippen MR) is 135 cm³/mol. The smallest absolute Gasteiger partial charge is 0.410 e. The Balaban J connectivity index is 1.54. The van der Waals surface area contributed by atoms with Crippen LogP contribution in [0.1, 0.15) is 42.6 Å². The summed E-state index contributed by atoms with van der Waals surface area (Å²) in [6.45, 7) is 7.76. The number of halogens is 1. The summed E-state index contributed by atoms with van der Waals surface area (Å²) in [5.41, 5.74) is 3.95. The summed E-state index contributed by atoms with van der Waals surface area (Å²) < 4.78 is 5.35. The van der Waals surface area contributed by atoms with Crippen LogP contribution in [0.5, 0.6) is 0 Å². The molecule has 1 saturated heterocycles. The molecule has 2 amide bonds. The fourth-order valence-electron chi connectivity index (χ4n) is 4.31. The minimum atomic E-state index is -0.304. The van der Waals surface area contributed by atoms with Gasteiger partial charge in [0.05, 0.1) is 22.8 Å². The van der Waals surface area contributed by atoms with Crippen molar-refractivity contribution in [3.05, 3.63) is 64.7 Å². The van der Waals surface area contributed by atoms with Crippen LogP contribution in [-0.2, 0) is 4.74 Å². The van der Waals surface area contributed by atoms with E-state index in [1.54, 1.807) is 15.9 Å². The van der Waals surface area contributed by atoms with Crippen LogP contribution in [-0.4, -0.2) is 59.1 Å². The third kappa shape index (κ3) is 4.87. The third-order valence-electron chi connectivity index (χ3n) is 6.32. The van der Waals surface area contributed by atoms with Crippen LogP contribution < -0.4 is 0 Å². The SMILES string of the molecule is CCCCOC(=O)N1CCN(C(=O)c2ccc3c(Cl)c(C)c(-c4ccccc4)nc3c2)CC1C. The molecule has 1 atom stereocenters. The highest BCUT2D eigenvalue weighted by molar-refractivity contribution is 6.36. The average Bonchev–Trinajstić information content (AvgIpc) is 2.86. The van der Waals surface area contributed by atoms with E-state index < -0.39 is 0 Å². The van der Waals surface area contributed by atoms with E-state index in [4.69, 9.17) is 21.3 Å². The van der Waals surface area contributed by atoms with Crippen molar-refractivity contribution >= 4 is 34.5 Å². The molecule has 1 aromatic heterocycles. The Morgan fingerprint density at radius 3 is 2.62 bits per heavy atom. The lowest BCUT2D eigenvalue weighted by atomic mass is 10.0. The number of rotatable bonds is 5. The fraction of sp³-hybridized carbons (Fsp3) is 0.370. The number of carbonyl (C=O) groups is 2. The van der Waals surface area contributed by atoms with Gasteiger partial charge >= 0.3 is 6.09 Å². The standard InChI is InChI=1S/C27H30ClN3O3/c1-4-5-15-34-27(33)31-14-13-30(17-18(31)2)26(32)21-11-12-22-23(16-21)29-25(19(3)24(22)28)20-9-7-6-8-10-20/h6-12,16,18H,4-5,13-15,17H2,1-3H3. The second-order valence-corrected chi connectivity index (χ2v) is 9.14. The number of ether oxygens (including phenoxy) is 1. The lowest BCUT2D eigenvalue weighted by molar-refractivity contribution is 0.0409. The number of unbranched alkanes of at least 4 members (excludes halogenated alkanes) is 1. The van der Waals surface area contributed by atoms with E-state index in [-0.39, 0.29) is 18.0 Å². The number of hydrogen-bond acceptors (Lipinski definition) is 4. The minimum Gasteiger partial charge on any atom is -0.449 e. The molecule has 2 aromatic carbocycles. The van der Waals surface area contributed by atoms with E-state index in [0.717, 1.165) is 35.0 Å². The zero-order chi connectivity index (χ0) is 24.2. The zero-order valence-electron chi connectivity index (χ0n) is 19.9. The van der Waals surface area contributed by atoms with Crippen molar-refractivity contribution in [2.24, 2.45) is 0 Å². The first-order valence-electron chi connectivity index (χ1n) is 11.8.